The summed E-state index contributed by atoms with van der Waals surface area (Å²) in [6.45, 7) is 3.09. The van der Waals surface area contributed by atoms with E-state index in [0.29, 0.717) is 54.5 Å². The molecule has 2 atom stereocenters. The van der Waals surface area contributed by atoms with Crippen LogP contribution in [0.4, 0.5) is 18.9 Å². The second-order valence-corrected chi connectivity index (χ2v) is 10.0. The molecule has 2 N–H and O–H groups in total. The van der Waals surface area contributed by atoms with E-state index in [2.05, 4.69) is 15.6 Å². The number of nitrogens with zero attached hydrogens (tertiary/aromatic N) is 2. The Kier molecular flexibility index (Phi) is 9.64. The van der Waals surface area contributed by atoms with E-state index in [0.717, 1.165) is 0 Å². The SMILES string of the molecule is CCCNC(=O)C[C@@H](CCC(F)(F)F)C(=O)N[C@@H]1N=C(c2ccccc2)c2ccc(OC3COC3)cc2N(C)C1=O. The van der Waals surface area contributed by atoms with E-state index in [-0.39, 0.29) is 6.10 Å². The van der Waals surface area contributed by atoms with Crippen molar-refractivity contribution in [1.29, 1.82) is 0 Å². The predicted molar refractivity (Wildman–Crippen MR) is 146 cm³/mol. The fourth-order valence-electron chi connectivity index (χ4n) is 4.49. The summed E-state index contributed by atoms with van der Waals surface area (Å²) < 4.78 is 50.2. The van der Waals surface area contributed by atoms with Gasteiger partial charge in [-0.1, -0.05) is 37.3 Å². The Morgan fingerprint density at radius 3 is 2.54 bits per heavy atom. The lowest BCUT2D eigenvalue weighted by atomic mass is 9.97. The average Bonchev–Trinajstić information content (AvgIpc) is 3.02. The zero-order chi connectivity index (χ0) is 29.6. The molecule has 0 unspecified atom stereocenters. The van der Waals surface area contributed by atoms with Gasteiger partial charge in [0.25, 0.3) is 5.91 Å². The van der Waals surface area contributed by atoms with Gasteiger partial charge in [0, 0.05) is 49.5 Å². The number of rotatable bonds is 11. The summed E-state index contributed by atoms with van der Waals surface area (Å²) in [5, 5.41) is 5.11. The number of hydrogen-bond acceptors (Lipinski definition) is 6. The minimum Gasteiger partial charge on any atom is -0.486 e. The van der Waals surface area contributed by atoms with Gasteiger partial charge in [-0.15, -0.1) is 0 Å². The first-order valence-electron chi connectivity index (χ1n) is 13.5. The van der Waals surface area contributed by atoms with Crippen LogP contribution in [-0.4, -0.2) is 68.7 Å². The van der Waals surface area contributed by atoms with Crippen LogP contribution in [0.25, 0.3) is 0 Å². The maximum atomic E-state index is 13.6. The number of carbonyl (C=O) groups is 3. The zero-order valence-corrected chi connectivity index (χ0v) is 22.9. The quantitative estimate of drug-likeness (QED) is 0.427. The van der Waals surface area contributed by atoms with Crippen LogP contribution in [0.1, 0.15) is 43.7 Å². The highest BCUT2D eigenvalue weighted by Crippen LogP contribution is 2.32. The molecule has 0 saturated carbocycles. The van der Waals surface area contributed by atoms with Crippen molar-refractivity contribution in [2.24, 2.45) is 10.9 Å². The van der Waals surface area contributed by atoms with Crippen molar-refractivity contribution >= 4 is 29.1 Å². The minimum absolute atomic E-state index is 0.0997. The summed E-state index contributed by atoms with van der Waals surface area (Å²) in [4.78, 5) is 45.2. The van der Waals surface area contributed by atoms with Gasteiger partial charge in [0.2, 0.25) is 18.0 Å². The van der Waals surface area contributed by atoms with Crippen LogP contribution >= 0.6 is 0 Å². The Balaban J connectivity index is 1.64. The van der Waals surface area contributed by atoms with E-state index in [9.17, 15) is 27.6 Å². The highest BCUT2D eigenvalue weighted by atomic mass is 19.4. The molecule has 2 aliphatic heterocycles. The number of alkyl halides is 3. The number of nitrogens with one attached hydrogen (secondary N) is 2. The van der Waals surface area contributed by atoms with Crippen LogP contribution < -0.4 is 20.3 Å². The number of aliphatic imine (C=N–C) groups is 1. The topological polar surface area (TPSA) is 109 Å². The summed E-state index contributed by atoms with van der Waals surface area (Å²) >= 11 is 0. The first kappa shape index (κ1) is 30.0. The maximum Gasteiger partial charge on any atom is 0.389 e. The first-order valence-corrected chi connectivity index (χ1v) is 13.5. The van der Waals surface area contributed by atoms with Crippen molar-refractivity contribution in [1.82, 2.24) is 10.6 Å². The fourth-order valence-corrected chi connectivity index (χ4v) is 4.49. The zero-order valence-electron chi connectivity index (χ0n) is 22.9. The van der Waals surface area contributed by atoms with Gasteiger partial charge in [-0.25, -0.2) is 4.99 Å². The molecule has 12 heteroatoms. The molecule has 0 spiro atoms. The highest BCUT2D eigenvalue weighted by Gasteiger charge is 2.36. The van der Waals surface area contributed by atoms with Gasteiger partial charge < -0.3 is 25.0 Å². The lowest BCUT2D eigenvalue weighted by Crippen LogP contribution is -2.48. The number of fused-ring (bicyclic) bond motifs is 1. The lowest BCUT2D eigenvalue weighted by molar-refractivity contribution is -0.144. The van der Waals surface area contributed by atoms with Crippen molar-refractivity contribution in [2.75, 3.05) is 31.7 Å². The summed E-state index contributed by atoms with van der Waals surface area (Å²) in [6, 6.07) is 14.3. The van der Waals surface area contributed by atoms with E-state index in [4.69, 9.17) is 9.47 Å². The van der Waals surface area contributed by atoms with Crippen molar-refractivity contribution in [3.8, 4) is 5.75 Å². The second-order valence-electron chi connectivity index (χ2n) is 10.0. The van der Waals surface area contributed by atoms with Gasteiger partial charge in [0.05, 0.1) is 24.6 Å². The number of halogens is 3. The number of likely N-dealkylation sites (N-methyl/N-ethyl adjacent to an activating group) is 1. The maximum absolute atomic E-state index is 13.6. The smallest absolute Gasteiger partial charge is 0.389 e. The van der Waals surface area contributed by atoms with Crippen LogP contribution in [0.15, 0.2) is 53.5 Å². The fraction of sp³-hybridized carbons (Fsp3) is 0.448. The molecule has 220 valence electrons. The molecule has 2 heterocycles. The highest BCUT2D eigenvalue weighted by molar-refractivity contribution is 6.20. The van der Waals surface area contributed by atoms with Crippen molar-refractivity contribution < 1.29 is 37.0 Å². The molecule has 2 aromatic carbocycles. The van der Waals surface area contributed by atoms with Gasteiger partial charge in [-0.2, -0.15) is 13.2 Å². The van der Waals surface area contributed by atoms with Crippen LogP contribution in [0.3, 0.4) is 0 Å². The number of amides is 3. The molecule has 3 amide bonds. The molecule has 41 heavy (non-hydrogen) atoms. The minimum atomic E-state index is -4.51. The van der Waals surface area contributed by atoms with Crippen molar-refractivity contribution in [2.45, 2.75) is 51.1 Å². The van der Waals surface area contributed by atoms with Gasteiger partial charge >= 0.3 is 6.18 Å². The van der Waals surface area contributed by atoms with Crippen LogP contribution in [0, 0.1) is 5.92 Å². The third kappa shape index (κ3) is 7.84. The Morgan fingerprint density at radius 2 is 1.90 bits per heavy atom. The molecule has 1 fully saturated rings. The lowest BCUT2D eigenvalue weighted by Gasteiger charge is -2.28. The van der Waals surface area contributed by atoms with Gasteiger partial charge in [-0.05, 0) is 25.0 Å². The summed E-state index contributed by atoms with van der Waals surface area (Å²) in [5.41, 5.74) is 2.17. The van der Waals surface area contributed by atoms with E-state index >= 15 is 0 Å². The average molecular weight is 575 g/mol. The number of anilines is 1. The number of benzodiazepines with no additional fused rings is 1. The standard InChI is InChI=1S/C29H33F3N4O5/c1-3-13-33-24(37)14-19(11-12-29(30,31)32)27(38)35-26-28(39)36(2)23-15-20(41-21-16-40-17-21)9-10-22(23)25(34-26)18-7-5-4-6-8-18/h4-10,15,19,21,26H,3,11-14,16-17H2,1-2H3,(H,33,37)(H,35,38)/t19-,26+/m1/s1. The Morgan fingerprint density at radius 1 is 1.17 bits per heavy atom. The van der Waals surface area contributed by atoms with Gasteiger partial charge in [0.1, 0.15) is 11.9 Å². The van der Waals surface area contributed by atoms with E-state index < -0.39 is 55.2 Å². The number of carbonyl (C=O) groups excluding carboxylic acids is 3. The summed E-state index contributed by atoms with van der Waals surface area (Å²) in [6.07, 6.45) is -7.71. The molecule has 0 aromatic heterocycles. The van der Waals surface area contributed by atoms with Crippen molar-refractivity contribution in [3.63, 3.8) is 0 Å². The number of ether oxygens (including phenoxy) is 2. The molecule has 9 nitrogen and oxygen atoms in total. The monoisotopic (exact) mass is 574 g/mol. The normalized spacial score (nSPS) is 18.0. The first-order chi connectivity index (χ1) is 19.6. The van der Waals surface area contributed by atoms with Gasteiger partial charge in [0.15, 0.2) is 0 Å². The molecule has 0 aliphatic carbocycles. The predicted octanol–water partition coefficient (Wildman–Crippen LogP) is 3.60. The van der Waals surface area contributed by atoms with E-state index in [1.807, 2.05) is 13.0 Å². The van der Waals surface area contributed by atoms with Crippen LogP contribution in [0.5, 0.6) is 5.75 Å². The molecule has 2 aromatic rings. The van der Waals surface area contributed by atoms with Crippen molar-refractivity contribution in [3.05, 3.63) is 59.7 Å². The Labute approximate surface area is 236 Å². The molecular weight excluding hydrogens is 541 g/mol. The number of hydrogen-bond donors (Lipinski definition) is 2. The molecule has 0 radical (unpaired) electrons. The van der Waals surface area contributed by atoms with Gasteiger partial charge in [-0.3, -0.25) is 14.4 Å². The summed E-state index contributed by atoms with van der Waals surface area (Å²) in [7, 11) is 1.53. The third-order valence-corrected chi connectivity index (χ3v) is 6.80. The molecule has 0 bridgehead atoms. The third-order valence-electron chi connectivity index (χ3n) is 6.80. The second kappa shape index (κ2) is 13.2. The van der Waals surface area contributed by atoms with Crippen LogP contribution in [0.2, 0.25) is 0 Å². The van der Waals surface area contributed by atoms with E-state index in [1.165, 1.54) is 11.9 Å². The van der Waals surface area contributed by atoms with Crippen LogP contribution in [-0.2, 0) is 19.1 Å². The molecule has 4 rings (SSSR count). The molecule has 1 saturated heterocycles. The Bertz CT molecular complexity index is 1280. The largest absolute Gasteiger partial charge is 0.486 e. The summed E-state index contributed by atoms with van der Waals surface area (Å²) in [5.74, 6) is -2.78. The van der Waals surface area contributed by atoms with E-state index in [1.54, 1.807) is 42.5 Å². The number of benzene rings is 2. The molecule has 2 aliphatic rings. The molecular formula is C29H33F3N4O5. The Hall–Kier alpha value is -3.93.